The maximum atomic E-state index is 12.5. The number of anilines is 1. The van der Waals surface area contributed by atoms with Crippen molar-refractivity contribution in [3.8, 4) is 0 Å². The van der Waals surface area contributed by atoms with Crippen LogP contribution in [0.15, 0.2) is 48.7 Å². The van der Waals surface area contributed by atoms with Crippen LogP contribution >= 0.6 is 0 Å². The van der Waals surface area contributed by atoms with Gasteiger partial charge in [-0.05, 0) is 60.0 Å². The lowest BCUT2D eigenvalue weighted by atomic mass is 10.0. The Morgan fingerprint density at radius 2 is 1.79 bits per heavy atom. The Balaban J connectivity index is 1.81. The van der Waals surface area contributed by atoms with Gasteiger partial charge in [0.05, 0.1) is 0 Å². The summed E-state index contributed by atoms with van der Waals surface area (Å²) in [6.45, 7) is 8.73. The Kier molecular flexibility index (Phi) is 4.43. The monoisotopic (exact) mass is 320 g/mol. The predicted molar refractivity (Wildman–Crippen MR) is 101 cm³/mol. The fraction of sp³-hybridized carbons (Fsp3) is 0.286. The molecule has 3 rings (SSSR count). The van der Waals surface area contributed by atoms with Gasteiger partial charge in [-0.15, -0.1) is 0 Å². The summed E-state index contributed by atoms with van der Waals surface area (Å²) in [6.07, 6.45) is 1.99. The molecule has 0 aliphatic heterocycles. The van der Waals surface area contributed by atoms with Crippen LogP contribution in [0.5, 0.6) is 0 Å². The van der Waals surface area contributed by atoms with Crippen LogP contribution in [0.1, 0.15) is 36.5 Å². The Labute approximate surface area is 143 Å². The Morgan fingerprint density at radius 1 is 1.08 bits per heavy atom. The summed E-state index contributed by atoms with van der Waals surface area (Å²) in [4.78, 5) is 12.5. The van der Waals surface area contributed by atoms with Gasteiger partial charge < -0.3 is 9.88 Å². The first-order valence-corrected chi connectivity index (χ1v) is 8.40. The van der Waals surface area contributed by atoms with E-state index in [9.17, 15) is 4.79 Å². The van der Waals surface area contributed by atoms with Crippen molar-refractivity contribution in [2.75, 3.05) is 5.32 Å². The summed E-state index contributed by atoms with van der Waals surface area (Å²) in [6, 6.07) is 14.6. The molecule has 1 heterocycles. The summed E-state index contributed by atoms with van der Waals surface area (Å²) in [5.74, 6) is 0.503. The molecule has 3 aromatic rings. The second-order valence-corrected chi connectivity index (χ2v) is 6.73. The molecule has 1 aromatic heterocycles. The van der Waals surface area contributed by atoms with E-state index in [0.717, 1.165) is 22.3 Å². The molecule has 2 aromatic carbocycles. The van der Waals surface area contributed by atoms with E-state index >= 15 is 0 Å². The average Bonchev–Trinajstić information content (AvgIpc) is 2.93. The first-order valence-electron chi connectivity index (χ1n) is 8.40. The number of fused-ring (bicyclic) bond motifs is 1. The fourth-order valence-electron chi connectivity index (χ4n) is 3.06. The number of hydrogen-bond acceptors (Lipinski definition) is 1. The maximum absolute atomic E-state index is 12.5. The van der Waals surface area contributed by atoms with Crippen LogP contribution in [0, 0.1) is 13.8 Å². The molecule has 0 aliphatic carbocycles. The van der Waals surface area contributed by atoms with Gasteiger partial charge in [-0.3, -0.25) is 4.79 Å². The first-order chi connectivity index (χ1) is 11.5. The number of nitrogens with one attached hydrogen (secondary N) is 1. The molecule has 1 N–H and O–H groups in total. The molecule has 0 saturated heterocycles. The lowest BCUT2D eigenvalue weighted by Crippen LogP contribution is -2.19. The summed E-state index contributed by atoms with van der Waals surface area (Å²) in [5.41, 5.74) is 5.50. The number of benzene rings is 2. The third-order valence-electron chi connectivity index (χ3n) is 4.52. The summed E-state index contributed by atoms with van der Waals surface area (Å²) < 4.78 is 2.00. The molecule has 0 unspecified atom stereocenters. The Morgan fingerprint density at radius 3 is 2.46 bits per heavy atom. The number of hydrogen-bond donors (Lipinski definition) is 1. The van der Waals surface area contributed by atoms with Gasteiger partial charge in [0, 0.05) is 17.4 Å². The standard InChI is InChI=1S/C21H24N2O/c1-14(2)17-8-9-19-18(12-17)10-11-23(19)13-20(24)22-21-15(3)6-5-7-16(21)4/h5-12,14H,13H2,1-4H3,(H,22,24). The summed E-state index contributed by atoms with van der Waals surface area (Å²) in [5, 5.41) is 4.23. The molecule has 1 amide bonds. The molecule has 0 radical (unpaired) electrons. The maximum Gasteiger partial charge on any atom is 0.244 e. The number of carbonyl (C=O) groups is 1. The van der Waals surface area contributed by atoms with Crippen molar-refractivity contribution in [1.82, 2.24) is 4.57 Å². The van der Waals surface area contributed by atoms with E-state index in [1.54, 1.807) is 0 Å². The van der Waals surface area contributed by atoms with Crippen molar-refractivity contribution in [2.45, 2.75) is 40.2 Å². The fourth-order valence-corrected chi connectivity index (χ4v) is 3.06. The number of nitrogens with zero attached hydrogens (tertiary/aromatic N) is 1. The largest absolute Gasteiger partial charge is 0.338 e. The van der Waals surface area contributed by atoms with Crippen LogP contribution in [-0.2, 0) is 11.3 Å². The van der Waals surface area contributed by atoms with E-state index in [4.69, 9.17) is 0 Å². The van der Waals surface area contributed by atoms with E-state index in [-0.39, 0.29) is 5.91 Å². The molecule has 0 fully saturated rings. The van der Waals surface area contributed by atoms with Crippen LogP contribution in [0.2, 0.25) is 0 Å². The predicted octanol–water partition coefficient (Wildman–Crippen LogP) is 5.02. The smallest absolute Gasteiger partial charge is 0.244 e. The number of carbonyl (C=O) groups excluding carboxylic acids is 1. The normalized spacial score (nSPS) is 11.2. The van der Waals surface area contributed by atoms with Crippen molar-refractivity contribution < 1.29 is 4.79 Å². The van der Waals surface area contributed by atoms with Crippen LogP contribution in [0.4, 0.5) is 5.69 Å². The second kappa shape index (κ2) is 6.52. The number of aryl methyl sites for hydroxylation is 2. The zero-order valence-electron chi connectivity index (χ0n) is 14.8. The number of para-hydroxylation sites is 1. The van der Waals surface area contributed by atoms with Crippen LogP contribution in [-0.4, -0.2) is 10.5 Å². The molecule has 0 atom stereocenters. The quantitative estimate of drug-likeness (QED) is 0.719. The SMILES string of the molecule is Cc1cccc(C)c1NC(=O)Cn1ccc2cc(C(C)C)ccc21. The topological polar surface area (TPSA) is 34.0 Å². The van der Waals surface area contributed by atoms with Crippen LogP contribution < -0.4 is 5.32 Å². The van der Waals surface area contributed by atoms with E-state index in [2.05, 4.69) is 43.4 Å². The molecule has 0 aliphatic rings. The Hall–Kier alpha value is -2.55. The zero-order valence-corrected chi connectivity index (χ0v) is 14.8. The van der Waals surface area contributed by atoms with Gasteiger partial charge in [0.15, 0.2) is 0 Å². The second-order valence-electron chi connectivity index (χ2n) is 6.73. The molecular weight excluding hydrogens is 296 g/mol. The van der Waals surface area contributed by atoms with Gasteiger partial charge in [-0.2, -0.15) is 0 Å². The number of rotatable bonds is 4. The first kappa shape index (κ1) is 16.3. The summed E-state index contributed by atoms with van der Waals surface area (Å²) >= 11 is 0. The highest BCUT2D eigenvalue weighted by molar-refractivity contribution is 5.93. The van der Waals surface area contributed by atoms with Gasteiger partial charge in [0.2, 0.25) is 5.91 Å². The highest BCUT2D eigenvalue weighted by Gasteiger charge is 2.10. The molecule has 3 nitrogen and oxygen atoms in total. The lowest BCUT2D eigenvalue weighted by molar-refractivity contribution is -0.116. The van der Waals surface area contributed by atoms with Gasteiger partial charge in [0.1, 0.15) is 6.54 Å². The molecule has 124 valence electrons. The molecule has 24 heavy (non-hydrogen) atoms. The average molecular weight is 320 g/mol. The van der Waals surface area contributed by atoms with E-state index < -0.39 is 0 Å². The highest BCUT2D eigenvalue weighted by Crippen LogP contribution is 2.23. The van der Waals surface area contributed by atoms with Gasteiger partial charge in [-0.25, -0.2) is 0 Å². The van der Waals surface area contributed by atoms with Crippen molar-refractivity contribution >= 4 is 22.5 Å². The minimum atomic E-state index is -0.00200. The van der Waals surface area contributed by atoms with E-state index in [0.29, 0.717) is 12.5 Å². The molecule has 0 bridgehead atoms. The van der Waals surface area contributed by atoms with Crippen molar-refractivity contribution in [3.63, 3.8) is 0 Å². The highest BCUT2D eigenvalue weighted by atomic mass is 16.1. The van der Waals surface area contributed by atoms with Crippen molar-refractivity contribution in [2.24, 2.45) is 0 Å². The Bertz CT molecular complexity index is 870. The summed E-state index contributed by atoms with van der Waals surface area (Å²) in [7, 11) is 0. The molecule has 0 spiro atoms. The van der Waals surface area contributed by atoms with Gasteiger partial charge >= 0.3 is 0 Å². The lowest BCUT2D eigenvalue weighted by Gasteiger charge is -2.12. The number of amides is 1. The third-order valence-corrected chi connectivity index (χ3v) is 4.52. The van der Waals surface area contributed by atoms with Gasteiger partial charge in [0.25, 0.3) is 0 Å². The minimum absolute atomic E-state index is 0.00200. The van der Waals surface area contributed by atoms with Crippen LogP contribution in [0.25, 0.3) is 10.9 Å². The zero-order chi connectivity index (χ0) is 17.3. The molecule has 3 heteroatoms. The van der Waals surface area contributed by atoms with E-state index in [1.807, 2.05) is 42.8 Å². The molecular formula is C21H24N2O. The van der Waals surface area contributed by atoms with Gasteiger partial charge in [-0.1, -0.05) is 38.1 Å². The third kappa shape index (κ3) is 3.21. The van der Waals surface area contributed by atoms with Crippen molar-refractivity contribution in [1.29, 1.82) is 0 Å². The van der Waals surface area contributed by atoms with E-state index in [1.165, 1.54) is 10.9 Å². The molecule has 0 saturated carbocycles. The number of aromatic nitrogens is 1. The van der Waals surface area contributed by atoms with Crippen LogP contribution in [0.3, 0.4) is 0 Å². The van der Waals surface area contributed by atoms with Crippen molar-refractivity contribution in [3.05, 3.63) is 65.4 Å². The minimum Gasteiger partial charge on any atom is -0.338 e.